The van der Waals surface area contributed by atoms with Gasteiger partial charge in [-0.15, -0.1) is 0 Å². The Bertz CT molecular complexity index is 1040. The number of rotatable bonds is 6. The summed E-state index contributed by atoms with van der Waals surface area (Å²) < 4.78 is 28.2. The predicted molar refractivity (Wildman–Crippen MR) is 124 cm³/mol. The number of carbonyl (C=O) groups is 1. The van der Waals surface area contributed by atoms with Gasteiger partial charge in [-0.3, -0.25) is 9.52 Å². The van der Waals surface area contributed by atoms with Gasteiger partial charge in [-0.2, -0.15) is 0 Å². The molecule has 1 amide bonds. The molecule has 2 aromatic carbocycles. The molecular weight excluding hydrogens is 408 g/mol. The maximum absolute atomic E-state index is 12.9. The van der Waals surface area contributed by atoms with E-state index in [1.165, 1.54) is 12.8 Å². The molecule has 166 valence electrons. The summed E-state index contributed by atoms with van der Waals surface area (Å²) in [6.45, 7) is 6.28. The van der Waals surface area contributed by atoms with Crippen LogP contribution < -0.4 is 10.0 Å². The molecule has 2 saturated carbocycles. The Morgan fingerprint density at radius 2 is 1.52 bits per heavy atom. The van der Waals surface area contributed by atoms with Crippen molar-refractivity contribution in [3.63, 3.8) is 0 Å². The Labute approximate surface area is 185 Å². The Kier molecular flexibility index (Phi) is 5.63. The van der Waals surface area contributed by atoms with Crippen molar-refractivity contribution in [2.24, 2.45) is 0 Å². The maximum Gasteiger partial charge on any atom is 0.261 e. The normalized spacial score (nSPS) is 18.5. The molecule has 0 aliphatic heterocycles. The van der Waals surface area contributed by atoms with Gasteiger partial charge in [0.15, 0.2) is 0 Å². The van der Waals surface area contributed by atoms with E-state index in [1.807, 2.05) is 24.3 Å². The molecule has 0 radical (unpaired) electrons. The third kappa shape index (κ3) is 4.64. The molecule has 4 rings (SSSR count). The minimum absolute atomic E-state index is 0.0334. The second kappa shape index (κ2) is 7.97. The molecule has 0 heterocycles. The summed E-state index contributed by atoms with van der Waals surface area (Å²) in [6, 6.07) is 14.6. The molecule has 2 aliphatic rings. The van der Waals surface area contributed by atoms with E-state index in [4.69, 9.17) is 0 Å². The van der Waals surface area contributed by atoms with Gasteiger partial charge in [0.25, 0.3) is 10.0 Å². The first-order chi connectivity index (χ1) is 14.6. The van der Waals surface area contributed by atoms with Crippen LogP contribution in [0.1, 0.15) is 70.4 Å². The minimum atomic E-state index is -3.67. The fourth-order valence-electron chi connectivity index (χ4n) is 4.37. The number of anilines is 1. The monoisotopic (exact) mass is 440 g/mol. The lowest BCUT2D eigenvalue weighted by atomic mass is 9.87. The van der Waals surface area contributed by atoms with Crippen LogP contribution in [0.4, 0.5) is 5.69 Å². The zero-order valence-corrected chi connectivity index (χ0v) is 19.4. The number of hydrogen-bond donors (Lipinski definition) is 2. The summed E-state index contributed by atoms with van der Waals surface area (Å²) in [5, 5.41) is 3.22. The van der Waals surface area contributed by atoms with Crippen LogP contribution in [0.15, 0.2) is 53.4 Å². The van der Waals surface area contributed by atoms with Crippen molar-refractivity contribution in [1.82, 2.24) is 5.32 Å². The first-order valence-corrected chi connectivity index (χ1v) is 12.6. The highest BCUT2D eigenvalue weighted by atomic mass is 32.2. The van der Waals surface area contributed by atoms with Gasteiger partial charge in [0.05, 0.1) is 10.3 Å². The van der Waals surface area contributed by atoms with Crippen molar-refractivity contribution in [1.29, 1.82) is 0 Å². The average Bonchev–Trinajstić information content (AvgIpc) is 3.38. The molecule has 31 heavy (non-hydrogen) atoms. The van der Waals surface area contributed by atoms with Crippen molar-refractivity contribution in [3.8, 4) is 0 Å². The molecule has 2 fully saturated rings. The average molecular weight is 441 g/mol. The van der Waals surface area contributed by atoms with Crippen LogP contribution in [0, 0.1) is 0 Å². The van der Waals surface area contributed by atoms with E-state index in [0.29, 0.717) is 11.7 Å². The second-order valence-electron chi connectivity index (χ2n) is 9.99. The smallest absolute Gasteiger partial charge is 0.261 e. The zero-order valence-electron chi connectivity index (χ0n) is 18.6. The largest absolute Gasteiger partial charge is 0.353 e. The molecule has 2 aliphatic carbocycles. The van der Waals surface area contributed by atoms with Crippen molar-refractivity contribution in [3.05, 3.63) is 59.7 Å². The van der Waals surface area contributed by atoms with Gasteiger partial charge in [0, 0.05) is 11.7 Å². The zero-order chi connectivity index (χ0) is 22.3. The molecular formula is C25H32N2O3S. The summed E-state index contributed by atoms with van der Waals surface area (Å²) in [6.07, 6.45) is 6.20. The Morgan fingerprint density at radius 1 is 0.935 bits per heavy atom. The topological polar surface area (TPSA) is 75.3 Å². The van der Waals surface area contributed by atoms with Crippen molar-refractivity contribution < 1.29 is 13.2 Å². The fourth-order valence-corrected chi connectivity index (χ4v) is 5.43. The maximum atomic E-state index is 12.9. The number of benzene rings is 2. The first-order valence-electron chi connectivity index (χ1n) is 11.2. The molecule has 0 aromatic heterocycles. The van der Waals surface area contributed by atoms with Crippen LogP contribution in [0.2, 0.25) is 0 Å². The molecule has 6 heteroatoms. The SMILES string of the molecule is CC(C)(C)c1ccc(S(=O)(=O)Nc2ccc(C3(C(=O)NC4CCCC4)CC3)cc2)cc1. The van der Waals surface area contributed by atoms with E-state index in [-0.39, 0.29) is 16.2 Å². The molecule has 0 saturated heterocycles. The molecule has 5 nitrogen and oxygen atoms in total. The Balaban J connectivity index is 1.45. The summed E-state index contributed by atoms with van der Waals surface area (Å²) in [5.74, 6) is 0.117. The first kappa shape index (κ1) is 21.9. The van der Waals surface area contributed by atoms with E-state index in [2.05, 4.69) is 30.8 Å². The second-order valence-corrected chi connectivity index (χ2v) is 11.7. The van der Waals surface area contributed by atoms with Gasteiger partial charge < -0.3 is 5.32 Å². The van der Waals surface area contributed by atoms with E-state index in [9.17, 15) is 13.2 Å². The van der Waals surface area contributed by atoms with Crippen LogP contribution in [0.25, 0.3) is 0 Å². The van der Waals surface area contributed by atoms with Crippen LogP contribution in [-0.4, -0.2) is 20.4 Å². The summed E-state index contributed by atoms with van der Waals surface area (Å²) in [5.41, 5.74) is 2.06. The van der Waals surface area contributed by atoms with E-state index in [1.54, 1.807) is 24.3 Å². The van der Waals surface area contributed by atoms with Gasteiger partial charge in [-0.1, -0.05) is 57.9 Å². The number of hydrogen-bond acceptors (Lipinski definition) is 3. The van der Waals surface area contributed by atoms with Gasteiger partial charge in [-0.05, 0) is 66.5 Å². The fraction of sp³-hybridized carbons (Fsp3) is 0.480. The van der Waals surface area contributed by atoms with Gasteiger partial charge >= 0.3 is 0 Å². The molecule has 2 aromatic rings. The van der Waals surface area contributed by atoms with Gasteiger partial charge in [0.1, 0.15) is 0 Å². The third-order valence-electron chi connectivity index (χ3n) is 6.60. The number of amides is 1. The highest BCUT2D eigenvalue weighted by Crippen LogP contribution is 2.49. The van der Waals surface area contributed by atoms with Crippen LogP contribution in [-0.2, 0) is 25.6 Å². The van der Waals surface area contributed by atoms with E-state index >= 15 is 0 Å². The van der Waals surface area contributed by atoms with Gasteiger partial charge in [0.2, 0.25) is 5.91 Å². The summed E-state index contributed by atoms with van der Waals surface area (Å²) >= 11 is 0. The standard InChI is InChI=1S/C25H32N2O3S/c1-24(2,3)18-10-14-22(15-11-18)31(29,30)27-21-12-8-19(9-13-21)25(16-17-25)23(28)26-20-6-4-5-7-20/h8-15,20,27H,4-7,16-17H2,1-3H3,(H,26,28). The Hall–Kier alpha value is -2.34. The number of nitrogens with one attached hydrogen (secondary N) is 2. The van der Waals surface area contributed by atoms with E-state index in [0.717, 1.165) is 36.8 Å². The molecule has 0 unspecified atom stereocenters. The molecule has 0 bridgehead atoms. The van der Waals surface area contributed by atoms with Crippen LogP contribution in [0.5, 0.6) is 0 Å². The molecule has 2 N–H and O–H groups in total. The molecule has 0 spiro atoms. The van der Waals surface area contributed by atoms with Crippen molar-refractivity contribution in [2.45, 2.75) is 81.1 Å². The van der Waals surface area contributed by atoms with Gasteiger partial charge in [-0.25, -0.2) is 8.42 Å². The summed E-state index contributed by atoms with van der Waals surface area (Å²) in [7, 11) is -3.67. The van der Waals surface area contributed by atoms with Crippen molar-refractivity contribution in [2.75, 3.05) is 4.72 Å². The molecule has 0 atom stereocenters. The highest BCUT2D eigenvalue weighted by Gasteiger charge is 2.51. The third-order valence-corrected chi connectivity index (χ3v) is 7.99. The van der Waals surface area contributed by atoms with Crippen LogP contribution in [0.3, 0.4) is 0 Å². The lowest BCUT2D eigenvalue weighted by molar-refractivity contribution is -0.124. The lowest BCUT2D eigenvalue weighted by Crippen LogP contribution is -2.40. The number of sulfonamides is 1. The summed E-state index contributed by atoms with van der Waals surface area (Å²) in [4.78, 5) is 13.1. The Morgan fingerprint density at radius 3 is 2.03 bits per heavy atom. The number of carbonyl (C=O) groups excluding carboxylic acids is 1. The van der Waals surface area contributed by atoms with Crippen molar-refractivity contribution >= 4 is 21.6 Å². The minimum Gasteiger partial charge on any atom is -0.353 e. The van der Waals surface area contributed by atoms with E-state index < -0.39 is 15.4 Å². The predicted octanol–water partition coefficient (Wildman–Crippen LogP) is 4.88. The lowest BCUT2D eigenvalue weighted by Gasteiger charge is -2.20. The highest BCUT2D eigenvalue weighted by molar-refractivity contribution is 7.92. The quantitative estimate of drug-likeness (QED) is 0.672. The van der Waals surface area contributed by atoms with Crippen LogP contribution >= 0.6 is 0 Å².